The second kappa shape index (κ2) is 6.13. The van der Waals surface area contributed by atoms with Crippen molar-refractivity contribution in [1.29, 1.82) is 0 Å². The van der Waals surface area contributed by atoms with Crippen LogP contribution in [0.5, 0.6) is 5.75 Å². The molecule has 0 aliphatic heterocycles. The lowest BCUT2D eigenvalue weighted by Gasteiger charge is -2.10. The second-order valence-electron chi connectivity index (χ2n) is 3.78. The van der Waals surface area contributed by atoms with Gasteiger partial charge in [-0.15, -0.1) is 0 Å². The molecule has 1 aromatic carbocycles. The highest BCUT2D eigenvalue weighted by molar-refractivity contribution is 9.10. The van der Waals surface area contributed by atoms with Crippen molar-refractivity contribution in [3.05, 3.63) is 28.2 Å². The molecular weight excluding hydrogens is 256 g/mol. The summed E-state index contributed by atoms with van der Waals surface area (Å²) in [6, 6.07) is 5.97. The van der Waals surface area contributed by atoms with Crippen molar-refractivity contribution in [1.82, 2.24) is 0 Å². The Labute approximate surface area is 99.4 Å². The highest BCUT2D eigenvalue weighted by Crippen LogP contribution is 2.24. The van der Waals surface area contributed by atoms with E-state index in [1.54, 1.807) is 7.11 Å². The Hall–Kier alpha value is -0.540. The lowest BCUT2D eigenvalue weighted by atomic mass is 10.0. The van der Waals surface area contributed by atoms with Gasteiger partial charge in [-0.05, 0) is 42.5 Å². The van der Waals surface area contributed by atoms with Crippen LogP contribution in [0.15, 0.2) is 22.7 Å². The summed E-state index contributed by atoms with van der Waals surface area (Å²) in [6.45, 7) is 2.30. The van der Waals surface area contributed by atoms with Crippen molar-refractivity contribution < 1.29 is 9.84 Å². The SMILES string of the molecule is COc1ccc(Br)c(CCC(C)CO)c1. The second-order valence-corrected chi connectivity index (χ2v) is 4.64. The number of hydrogen-bond acceptors (Lipinski definition) is 2. The van der Waals surface area contributed by atoms with Crippen LogP contribution in [0.1, 0.15) is 18.9 Å². The molecule has 0 radical (unpaired) electrons. The Morgan fingerprint density at radius 3 is 2.80 bits per heavy atom. The molecule has 0 aliphatic carbocycles. The number of aliphatic hydroxyl groups excluding tert-OH is 1. The maximum Gasteiger partial charge on any atom is 0.119 e. The van der Waals surface area contributed by atoms with Gasteiger partial charge in [0.1, 0.15) is 5.75 Å². The third-order valence-corrected chi connectivity index (χ3v) is 3.24. The molecule has 1 aromatic rings. The topological polar surface area (TPSA) is 29.5 Å². The zero-order valence-electron chi connectivity index (χ0n) is 9.16. The first kappa shape index (κ1) is 12.5. The summed E-state index contributed by atoms with van der Waals surface area (Å²) in [7, 11) is 1.67. The monoisotopic (exact) mass is 272 g/mol. The predicted octanol–water partition coefficient (Wildman–Crippen LogP) is 3.02. The number of aliphatic hydroxyl groups is 1. The first-order valence-corrected chi connectivity index (χ1v) is 5.90. The largest absolute Gasteiger partial charge is 0.497 e. The summed E-state index contributed by atoms with van der Waals surface area (Å²) in [5.74, 6) is 1.23. The number of halogens is 1. The van der Waals surface area contributed by atoms with E-state index in [9.17, 15) is 0 Å². The molecule has 0 amide bonds. The van der Waals surface area contributed by atoms with Gasteiger partial charge >= 0.3 is 0 Å². The molecule has 0 saturated carbocycles. The van der Waals surface area contributed by atoms with Crippen LogP contribution in [0.3, 0.4) is 0 Å². The smallest absolute Gasteiger partial charge is 0.119 e. The molecule has 0 spiro atoms. The standard InChI is InChI=1S/C12H17BrO2/c1-9(8-14)3-4-10-7-11(15-2)5-6-12(10)13/h5-7,9,14H,3-4,8H2,1-2H3. The fourth-order valence-corrected chi connectivity index (χ4v) is 1.81. The first-order chi connectivity index (χ1) is 7.17. The third-order valence-electron chi connectivity index (χ3n) is 2.47. The maximum absolute atomic E-state index is 8.95. The quantitative estimate of drug-likeness (QED) is 0.893. The maximum atomic E-state index is 8.95. The number of benzene rings is 1. The van der Waals surface area contributed by atoms with E-state index in [4.69, 9.17) is 9.84 Å². The molecule has 0 saturated heterocycles. The van der Waals surface area contributed by atoms with Crippen LogP contribution in [0.2, 0.25) is 0 Å². The molecule has 0 heterocycles. The molecule has 1 rings (SSSR count). The average Bonchev–Trinajstić information content (AvgIpc) is 2.27. The summed E-state index contributed by atoms with van der Waals surface area (Å²) < 4.78 is 6.28. The van der Waals surface area contributed by atoms with Crippen LogP contribution in [0.25, 0.3) is 0 Å². The van der Waals surface area contributed by atoms with Gasteiger partial charge in [-0.25, -0.2) is 0 Å². The molecule has 0 aromatic heterocycles. The molecule has 0 bridgehead atoms. The molecule has 15 heavy (non-hydrogen) atoms. The van der Waals surface area contributed by atoms with E-state index in [0.29, 0.717) is 5.92 Å². The minimum absolute atomic E-state index is 0.252. The zero-order valence-corrected chi connectivity index (χ0v) is 10.8. The summed E-state index contributed by atoms with van der Waals surface area (Å²) in [4.78, 5) is 0. The Balaban J connectivity index is 2.66. The van der Waals surface area contributed by atoms with E-state index >= 15 is 0 Å². The molecule has 3 heteroatoms. The number of methoxy groups -OCH3 is 1. The summed E-state index contributed by atoms with van der Waals surface area (Å²) in [5, 5.41) is 8.95. The number of ether oxygens (including phenoxy) is 1. The van der Waals surface area contributed by atoms with Crippen LogP contribution in [0, 0.1) is 5.92 Å². The van der Waals surface area contributed by atoms with Gasteiger partial charge in [0, 0.05) is 11.1 Å². The zero-order chi connectivity index (χ0) is 11.3. The average molecular weight is 273 g/mol. The molecule has 1 unspecified atom stereocenters. The van der Waals surface area contributed by atoms with Gasteiger partial charge in [-0.3, -0.25) is 0 Å². The molecule has 1 N–H and O–H groups in total. The normalized spacial score (nSPS) is 12.5. The molecule has 0 aliphatic rings. The van der Waals surface area contributed by atoms with Crippen molar-refractivity contribution in [3.8, 4) is 5.75 Å². The van der Waals surface area contributed by atoms with Crippen LogP contribution in [-0.4, -0.2) is 18.8 Å². The van der Waals surface area contributed by atoms with Crippen molar-refractivity contribution >= 4 is 15.9 Å². The van der Waals surface area contributed by atoms with E-state index < -0.39 is 0 Å². The van der Waals surface area contributed by atoms with Gasteiger partial charge in [0.05, 0.1) is 7.11 Å². The summed E-state index contributed by atoms with van der Waals surface area (Å²) in [5.41, 5.74) is 1.23. The van der Waals surface area contributed by atoms with E-state index in [2.05, 4.69) is 15.9 Å². The lowest BCUT2D eigenvalue weighted by molar-refractivity contribution is 0.230. The van der Waals surface area contributed by atoms with Gasteiger partial charge < -0.3 is 9.84 Å². The van der Waals surface area contributed by atoms with Crippen molar-refractivity contribution in [2.24, 2.45) is 5.92 Å². The Morgan fingerprint density at radius 1 is 1.47 bits per heavy atom. The number of aryl methyl sites for hydroxylation is 1. The van der Waals surface area contributed by atoms with Gasteiger partial charge in [0.15, 0.2) is 0 Å². The van der Waals surface area contributed by atoms with Crippen molar-refractivity contribution in [2.75, 3.05) is 13.7 Å². The number of hydrogen-bond donors (Lipinski definition) is 1. The van der Waals surface area contributed by atoms with Crippen LogP contribution in [0.4, 0.5) is 0 Å². The highest BCUT2D eigenvalue weighted by Gasteiger charge is 2.05. The summed E-state index contributed by atoms with van der Waals surface area (Å²) in [6.07, 6.45) is 1.95. The minimum Gasteiger partial charge on any atom is -0.497 e. The van der Waals surface area contributed by atoms with Crippen molar-refractivity contribution in [3.63, 3.8) is 0 Å². The first-order valence-electron chi connectivity index (χ1n) is 5.10. The Morgan fingerprint density at radius 2 is 2.20 bits per heavy atom. The molecule has 2 nitrogen and oxygen atoms in total. The molecule has 84 valence electrons. The van der Waals surface area contributed by atoms with Gasteiger partial charge in [0.2, 0.25) is 0 Å². The molecular formula is C12H17BrO2. The van der Waals surface area contributed by atoms with Gasteiger partial charge in [0.25, 0.3) is 0 Å². The van der Waals surface area contributed by atoms with E-state index in [1.807, 2.05) is 25.1 Å². The summed E-state index contributed by atoms with van der Waals surface area (Å²) >= 11 is 3.51. The predicted molar refractivity (Wildman–Crippen MR) is 65.3 cm³/mol. The fraction of sp³-hybridized carbons (Fsp3) is 0.500. The highest BCUT2D eigenvalue weighted by atomic mass is 79.9. The molecule has 0 fully saturated rings. The van der Waals surface area contributed by atoms with E-state index in [-0.39, 0.29) is 6.61 Å². The minimum atomic E-state index is 0.252. The van der Waals surface area contributed by atoms with Crippen LogP contribution < -0.4 is 4.74 Å². The molecule has 1 atom stereocenters. The van der Waals surface area contributed by atoms with Gasteiger partial charge in [-0.1, -0.05) is 22.9 Å². The Bertz CT molecular complexity index is 312. The van der Waals surface area contributed by atoms with E-state index in [0.717, 1.165) is 23.1 Å². The third kappa shape index (κ3) is 3.84. The van der Waals surface area contributed by atoms with Crippen LogP contribution >= 0.6 is 15.9 Å². The van der Waals surface area contributed by atoms with Gasteiger partial charge in [-0.2, -0.15) is 0 Å². The fourth-order valence-electron chi connectivity index (χ4n) is 1.36. The van der Waals surface area contributed by atoms with Crippen LogP contribution in [-0.2, 0) is 6.42 Å². The number of rotatable bonds is 5. The Kier molecular flexibility index (Phi) is 5.12. The lowest BCUT2D eigenvalue weighted by Crippen LogP contribution is -2.02. The van der Waals surface area contributed by atoms with E-state index in [1.165, 1.54) is 5.56 Å². The van der Waals surface area contributed by atoms with Crippen molar-refractivity contribution in [2.45, 2.75) is 19.8 Å².